The number of rotatable bonds is 4. The van der Waals surface area contributed by atoms with Crippen molar-refractivity contribution in [1.29, 1.82) is 5.26 Å². The molecule has 0 spiro atoms. The van der Waals surface area contributed by atoms with Gasteiger partial charge in [-0.15, -0.1) is 0 Å². The summed E-state index contributed by atoms with van der Waals surface area (Å²) in [6, 6.07) is 7.25. The molecule has 2 unspecified atom stereocenters. The number of nitro benzene ring substituents is 1. The maximum Gasteiger partial charge on any atom is 0.275 e. The largest absolute Gasteiger partial charge is 0.389 e. The normalized spacial score (nSPS) is 13.8. The third-order valence-electron chi connectivity index (χ3n) is 2.12. The van der Waals surface area contributed by atoms with Crippen molar-refractivity contribution in [2.24, 2.45) is 0 Å². The van der Waals surface area contributed by atoms with Crippen molar-refractivity contribution < 1.29 is 15.1 Å². The molecule has 6 nitrogen and oxygen atoms in total. The van der Waals surface area contributed by atoms with Crippen molar-refractivity contribution in [3.8, 4) is 6.07 Å². The highest BCUT2D eigenvalue weighted by atomic mass is 16.6. The lowest BCUT2D eigenvalue weighted by Gasteiger charge is -2.15. The smallest absolute Gasteiger partial charge is 0.275 e. The number of hydrogen-bond acceptors (Lipinski definition) is 5. The van der Waals surface area contributed by atoms with Gasteiger partial charge in [-0.05, 0) is 6.07 Å². The highest BCUT2D eigenvalue weighted by Crippen LogP contribution is 2.27. The Bertz CT molecular complexity index is 427. The average molecular weight is 222 g/mol. The molecular formula is C10H10N2O4. The molecule has 0 saturated carbocycles. The zero-order valence-electron chi connectivity index (χ0n) is 8.28. The van der Waals surface area contributed by atoms with Gasteiger partial charge < -0.3 is 10.2 Å². The van der Waals surface area contributed by atoms with Gasteiger partial charge in [0.1, 0.15) is 6.10 Å². The maximum atomic E-state index is 10.7. The number of hydrogen-bond donors (Lipinski definition) is 2. The fourth-order valence-electron chi connectivity index (χ4n) is 1.32. The summed E-state index contributed by atoms with van der Waals surface area (Å²) in [5, 5.41) is 38.0. The Morgan fingerprint density at radius 1 is 1.44 bits per heavy atom. The molecule has 0 aliphatic rings. The molecule has 2 atom stereocenters. The highest BCUT2D eigenvalue weighted by molar-refractivity contribution is 5.41. The molecule has 84 valence electrons. The van der Waals surface area contributed by atoms with Crippen molar-refractivity contribution in [2.45, 2.75) is 18.6 Å². The summed E-state index contributed by atoms with van der Waals surface area (Å²) < 4.78 is 0. The molecule has 0 aromatic heterocycles. The third kappa shape index (κ3) is 2.53. The predicted molar refractivity (Wildman–Crippen MR) is 54.3 cm³/mol. The minimum absolute atomic E-state index is 0.00949. The van der Waals surface area contributed by atoms with Gasteiger partial charge in [0.05, 0.1) is 29.1 Å². The summed E-state index contributed by atoms with van der Waals surface area (Å²) in [5.74, 6) is 0. The number of para-hydroxylation sites is 1. The lowest BCUT2D eigenvalue weighted by molar-refractivity contribution is -0.386. The van der Waals surface area contributed by atoms with Gasteiger partial charge in [-0.3, -0.25) is 10.1 Å². The van der Waals surface area contributed by atoms with Crippen molar-refractivity contribution in [3.05, 3.63) is 39.9 Å². The molecule has 0 bridgehead atoms. The molecule has 0 aliphatic carbocycles. The van der Waals surface area contributed by atoms with Crippen LogP contribution in [0.1, 0.15) is 18.1 Å². The molecule has 1 aromatic carbocycles. The van der Waals surface area contributed by atoms with Gasteiger partial charge in [-0.2, -0.15) is 5.26 Å². The van der Waals surface area contributed by atoms with E-state index in [0.717, 1.165) is 0 Å². The van der Waals surface area contributed by atoms with Gasteiger partial charge >= 0.3 is 0 Å². The van der Waals surface area contributed by atoms with Crippen LogP contribution in [0.2, 0.25) is 0 Å². The van der Waals surface area contributed by atoms with E-state index in [9.17, 15) is 20.3 Å². The monoisotopic (exact) mass is 222 g/mol. The van der Waals surface area contributed by atoms with E-state index in [2.05, 4.69) is 0 Å². The summed E-state index contributed by atoms with van der Waals surface area (Å²) in [5.41, 5.74) is -0.262. The molecule has 2 N–H and O–H groups in total. The number of nitrogens with zero attached hydrogens (tertiary/aromatic N) is 2. The third-order valence-corrected chi connectivity index (χ3v) is 2.12. The molecule has 1 aromatic rings. The lowest BCUT2D eigenvalue weighted by Crippen LogP contribution is -2.18. The number of benzene rings is 1. The van der Waals surface area contributed by atoms with Gasteiger partial charge in [0.25, 0.3) is 5.69 Å². The fraction of sp³-hybridized carbons (Fsp3) is 0.300. The van der Waals surface area contributed by atoms with Crippen LogP contribution in [0.5, 0.6) is 0 Å². The van der Waals surface area contributed by atoms with E-state index in [1.165, 1.54) is 24.3 Å². The zero-order valence-corrected chi connectivity index (χ0v) is 8.28. The van der Waals surface area contributed by atoms with Crippen LogP contribution in [0.4, 0.5) is 5.69 Å². The van der Waals surface area contributed by atoms with Gasteiger partial charge in [0.2, 0.25) is 0 Å². The first-order chi connectivity index (χ1) is 7.57. The Hall–Kier alpha value is -1.97. The SMILES string of the molecule is N#CCC(O)C(O)c1ccccc1[N+](=O)[O-]. The van der Waals surface area contributed by atoms with Crippen LogP contribution in [0.25, 0.3) is 0 Å². The molecule has 6 heteroatoms. The zero-order chi connectivity index (χ0) is 12.1. The molecule has 0 radical (unpaired) electrons. The Balaban J connectivity index is 3.04. The van der Waals surface area contributed by atoms with E-state index in [4.69, 9.17) is 5.26 Å². The Morgan fingerprint density at radius 3 is 2.62 bits per heavy atom. The number of nitriles is 1. The summed E-state index contributed by atoms with van der Waals surface area (Å²) in [7, 11) is 0. The van der Waals surface area contributed by atoms with Crippen LogP contribution < -0.4 is 0 Å². The minimum atomic E-state index is -1.43. The van der Waals surface area contributed by atoms with Crippen LogP contribution in [-0.4, -0.2) is 21.2 Å². The van der Waals surface area contributed by atoms with Crippen molar-refractivity contribution in [2.75, 3.05) is 0 Å². The number of aliphatic hydroxyl groups is 2. The fourth-order valence-corrected chi connectivity index (χ4v) is 1.32. The van der Waals surface area contributed by atoms with Crippen molar-refractivity contribution >= 4 is 5.69 Å². The molecule has 0 saturated heterocycles. The van der Waals surface area contributed by atoms with Crippen LogP contribution in [0.15, 0.2) is 24.3 Å². The van der Waals surface area contributed by atoms with E-state index in [-0.39, 0.29) is 17.7 Å². The Labute approximate surface area is 91.5 Å². The van der Waals surface area contributed by atoms with E-state index in [0.29, 0.717) is 0 Å². The summed E-state index contributed by atoms with van der Waals surface area (Å²) in [6.45, 7) is 0. The van der Waals surface area contributed by atoms with E-state index in [1.54, 1.807) is 6.07 Å². The second-order valence-electron chi connectivity index (χ2n) is 3.19. The lowest BCUT2D eigenvalue weighted by atomic mass is 10.0. The van der Waals surface area contributed by atoms with Crippen LogP contribution in [-0.2, 0) is 0 Å². The van der Waals surface area contributed by atoms with E-state index < -0.39 is 17.1 Å². The Morgan fingerprint density at radius 2 is 2.06 bits per heavy atom. The van der Waals surface area contributed by atoms with Gasteiger partial charge in [-0.25, -0.2) is 0 Å². The van der Waals surface area contributed by atoms with Crippen LogP contribution in [0.3, 0.4) is 0 Å². The number of nitro groups is 1. The van der Waals surface area contributed by atoms with Crippen molar-refractivity contribution in [3.63, 3.8) is 0 Å². The average Bonchev–Trinajstić information content (AvgIpc) is 2.28. The minimum Gasteiger partial charge on any atom is -0.389 e. The second kappa shape index (κ2) is 5.21. The van der Waals surface area contributed by atoms with Crippen LogP contribution in [0, 0.1) is 21.4 Å². The maximum absolute atomic E-state index is 10.7. The predicted octanol–water partition coefficient (Wildman–Crippen LogP) is 0.903. The van der Waals surface area contributed by atoms with E-state index in [1.807, 2.05) is 0 Å². The topological polar surface area (TPSA) is 107 Å². The molecule has 0 heterocycles. The molecule has 16 heavy (non-hydrogen) atoms. The summed E-state index contributed by atoms with van der Waals surface area (Å²) >= 11 is 0. The molecule has 0 amide bonds. The van der Waals surface area contributed by atoms with E-state index >= 15 is 0 Å². The molecule has 0 fully saturated rings. The van der Waals surface area contributed by atoms with Crippen LogP contribution >= 0.6 is 0 Å². The standard InChI is InChI=1S/C10H10N2O4/c11-6-5-9(13)10(14)7-3-1-2-4-8(7)12(15)16/h1-4,9-10,13-14H,5H2. The first-order valence-electron chi connectivity index (χ1n) is 4.54. The molecule has 1 rings (SSSR count). The highest BCUT2D eigenvalue weighted by Gasteiger charge is 2.25. The second-order valence-corrected chi connectivity index (χ2v) is 3.19. The molecule has 0 aliphatic heterocycles. The summed E-state index contributed by atoms with van der Waals surface area (Å²) in [6.07, 6.45) is -3.04. The van der Waals surface area contributed by atoms with Gasteiger partial charge in [0.15, 0.2) is 0 Å². The first kappa shape index (κ1) is 12.1. The Kier molecular flexibility index (Phi) is 3.94. The summed E-state index contributed by atoms with van der Waals surface area (Å²) in [4.78, 5) is 10.0. The first-order valence-corrected chi connectivity index (χ1v) is 4.54. The molecular weight excluding hydrogens is 212 g/mol. The van der Waals surface area contributed by atoms with Crippen molar-refractivity contribution in [1.82, 2.24) is 0 Å². The van der Waals surface area contributed by atoms with Gasteiger partial charge in [-0.1, -0.05) is 12.1 Å². The van der Waals surface area contributed by atoms with Gasteiger partial charge in [0, 0.05) is 6.07 Å². The quantitative estimate of drug-likeness (QED) is 0.581. The number of aliphatic hydroxyl groups excluding tert-OH is 2.